The van der Waals surface area contributed by atoms with Crippen LogP contribution in [-0.4, -0.2) is 17.6 Å². The van der Waals surface area contributed by atoms with Gasteiger partial charge >= 0.3 is 0 Å². The third-order valence-electron chi connectivity index (χ3n) is 3.74. The highest BCUT2D eigenvalue weighted by Crippen LogP contribution is 2.29. The number of pyridine rings is 1. The predicted octanol–water partition coefficient (Wildman–Crippen LogP) is 3.04. The summed E-state index contributed by atoms with van der Waals surface area (Å²) in [5, 5.41) is 3.50. The van der Waals surface area contributed by atoms with Gasteiger partial charge in [0.05, 0.1) is 5.69 Å². The van der Waals surface area contributed by atoms with E-state index in [1.165, 1.54) is 11.1 Å². The Morgan fingerprint density at radius 1 is 1.35 bits per heavy atom. The van der Waals surface area contributed by atoms with E-state index < -0.39 is 0 Å². The molecule has 0 spiro atoms. The first kappa shape index (κ1) is 13.1. The molecule has 104 valence electrons. The van der Waals surface area contributed by atoms with Gasteiger partial charge in [-0.05, 0) is 37.6 Å². The zero-order valence-electron chi connectivity index (χ0n) is 12.0. The molecule has 20 heavy (non-hydrogen) atoms. The third kappa shape index (κ3) is 2.83. The Balaban J connectivity index is 1.56. The van der Waals surface area contributed by atoms with Crippen molar-refractivity contribution in [3.8, 4) is 5.75 Å². The predicted molar refractivity (Wildman–Crippen MR) is 80.0 cm³/mol. The SMILES string of the molecule is Cc1ccc2c(c1)CC(CNC(C)c1ccccn1)O2. The summed E-state index contributed by atoms with van der Waals surface area (Å²) < 4.78 is 5.97. The molecule has 1 aromatic heterocycles. The van der Waals surface area contributed by atoms with Gasteiger partial charge in [0.15, 0.2) is 0 Å². The molecule has 3 rings (SSSR count). The van der Waals surface area contributed by atoms with Crippen molar-refractivity contribution in [1.29, 1.82) is 0 Å². The average molecular weight is 268 g/mol. The van der Waals surface area contributed by atoms with Crippen molar-refractivity contribution < 1.29 is 4.74 Å². The third-order valence-corrected chi connectivity index (χ3v) is 3.74. The fraction of sp³-hybridized carbons (Fsp3) is 0.353. The minimum absolute atomic E-state index is 0.220. The van der Waals surface area contributed by atoms with Crippen molar-refractivity contribution in [1.82, 2.24) is 10.3 Å². The van der Waals surface area contributed by atoms with Crippen molar-refractivity contribution >= 4 is 0 Å². The number of aromatic nitrogens is 1. The maximum absolute atomic E-state index is 5.97. The fourth-order valence-corrected chi connectivity index (χ4v) is 2.61. The van der Waals surface area contributed by atoms with Gasteiger partial charge in [0, 0.05) is 25.2 Å². The lowest BCUT2D eigenvalue weighted by atomic mass is 10.1. The molecule has 0 fully saturated rings. The van der Waals surface area contributed by atoms with Gasteiger partial charge in [0.1, 0.15) is 11.9 Å². The lowest BCUT2D eigenvalue weighted by Gasteiger charge is -2.16. The first-order valence-electron chi connectivity index (χ1n) is 7.13. The Morgan fingerprint density at radius 2 is 2.25 bits per heavy atom. The molecule has 0 saturated carbocycles. The maximum atomic E-state index is 5.97. The molecule has 0 radical (unpaired) electrons. The zero-order chi connectivity index (χ0) is 13.9. The monoisotopic (exact) mass is 268 g/mol. The number of ether oxygens (including phenoxy) is 1. The van der Waals surface area contributed by atoms with Crippen LogP contribution in [0.15, 0.2) is 42.6 Å². The van der Waals surface area contributed by atoms with Gasteiger partial charge in [-0.15, -0.1) is 0 Å². The molecule has 0 amide bonds. The molecule has 3 heteroatoms. The highest BCUT2D eigenvalue weighted by atomic mass is 16.5. The summed E-state index contributed by atoms with van der Waals surface area (Å²) in [7, 11) is 0. The minimum Gasteiger partial charge on any atom is -0.488 e. The van der Waals surface area contributed by atoms with E-state index in [1.54, 1.807) is 0 Å². The quantitative estimate of drug-likeness (QED) is 0.925. The smallest absolute Gasteiger partial charge is 0.123 e. The number of rotatable bonds is 4. The fourth-order valence-electron chi connectivity index (χ4n) is 2.61. The van der Waals surface area contributed by atoms with E-state index in [-0.39, 0.29) is 12.1 Å². The van der Waals surface area contributed by atoms with E-state index >= 15 is 0 Å². The number of hydrogen-bond acceptors (Lipinski definition) is 3. The van der Waals surface area contributed by atoms with Crippen LogP contribution in [0.3, 0.4) is 0 Å². The highest BCUT2D eigenvalue weighted by Gasteiger charge is 2.23. The van der Waals surface area contributed by atoms with Gasteiger partial charge in [0.25, 0.3) is 0 Å². The maximum Gasteiger partial charge on any atom is 0.123 e. The molecule has 1 aliphatic rings. The van der Waals surface area contributed by atoms with Crippen LogP contribution in [0.5, 0.6) is 5.75 Å². The second-order valence-corrected chi connectivity index (χ2v) is 5.44. The second-order valence-electron chi connectivity index (χ2n) is 5.44. The molecule has 2 unspecified atom stereocenters. The Kier molecular flexibility index (Phi) is 3.70. The number of nitrogens with zero attached hydrogens (tertiary/aromatic N) is 1. The average Bonchev–Trinajstić information content (AvgIpc) is 2.87. The summed E-state index contributed by atoms with van der Waals surface area (Å²) in [5.41, 5.74) is 3.68. The van der Waals surface area contributed by atoms with E-state index in [0.29, 0.717) is 0 Å². The van der Waals surface area contributed by atoms with Crippen molar-refractivity contribution in [3.63, 3.8) is 0 Å². The van der Waals surface area contributed by atoms with Crippen LogP contribution in [0, 0.1) is 6.92 Å². The summed E-state index contributed by atoms with van der Waals surface area (Å²) in [6.07, 6.45) is 3.04. The van der Waals surface area contributed by atoms with Crippen LogP contribution in [0.25, 0.3) is 0 Å². The van der Waals surface area contributed by atoms with Gasteiger partial charge in [-0.2, -0.15) is 0 Å². The van der Waals surface area contributed by atoms with Gasteiger partial charge in [-0.3, -0.25) is 4.98 Å². The first-order valence-corrected chi connectivity index (χ1v) is 7.13. The van der Waals surface area contributed by atoms with Crippen molar-refractivity contribution in [3.05, 3.63) is 59.4 Å². The summed E-state index contributed by atoms with van der Waals surface area (Å²) in [5.74, 6) is 1.04. The van der Waals surface area contributed by atoms with Crippen LogP contribution >= 0.6 is 0 Å². The molecule has 1 aliphatic heterocycles. The van der Waals surface area contributed by atoms with Crippen LogP contribution in [-0.2, 0) is 6.42 Å². The number of fused-ring (bicyclic) bond motifs is 1. The molecule has 2 heterocycles. The molecule has 0 aliphatic carbocycles. The lowest BCUT2D eigenvalue weighted by molar-refractivity contribution is 0.222. The second kappa shape index (κ2) is 5.63. The number of nitrogens with one attached hydrogen (secondary N) is 1. The van der Waals surface area contributed by atoms with Crippen molar-refractivity contribution in [2.45, 2.75) is 32.4 Å². The van der Waals surface area contributed by atoms with Gasteiger partial charge < -0.3 is 10.1 Å². The van der Waals surface area contributed by atoms with Crippen LogP contribution in [0.2, 0.25) is 0 Å². The van der Waals surface area contributed by atoms with Crippen molar-refractivity contribution in [2.75, 3.05) is 6.54 Å². The number of benzene rings is 1. The van der Waals surface area contributed by atoms with Crippen LogP contribution < -0.4 is 10.1 Å². The zero-order valence-corrected chi connectivity index (χ0v) is 12.0. The topological polar surface area (TPSA) is 34.2 Å². The van der Waals surface area contributed by atoms with Crippen LogP contribution in [0.4, 0.5) is 0 Å². The standard InChI is InChI=1S/C17H20N2O/c1-12-6-7-17-14(9-12)10-15(20-17)11-19-13(2)16-5-3-4-8-18-16/h3-9,13,15,19H,10-11H2,1-2H3. The van der Waals surface area contributed by atoms with Gasteiger partial charge in [0.2, 0.25) is 0 Å². The molecular weight excluding hydrogens is 248 g/mol. The number of aryl methyl sites for hydroxylation is 1. The summed E-state index contributed by atoms with van der Waals surface area (Å²) >= 11 is 0. The van der Waals surface area contributed by atoms with Gasteiger partial charge in [-0.25, -0.2) is 0 Å². The van der Waals surface area contributed by atoms with Crippen LogP contribution in [0.1, 0.15) is 29.8 Å². The minimum atomic E-state index is 0.220. The summed E-state index contributed by atoms with van der Waals surface area (Å²) in [6, 6.07) is 12.6. The Morgan fingerprint density at radius 3 is 3.05 bits per heavy atom. The Bertz CT molecular complexity index is 583. The van der Waals surface area contributed by atoms with E-state index in [9.17, 15) is 0 Å². The summed E-state index contributed by atoms with van der Waals surface area (Å²) in [4.78, 5) is 4.37. The molecule has 1 N–H and O–H groups in total. The molecular formula is C17H20N2O. The normalized spacial score (nSPS) is 18.4. The largest absolute Gasteiger partial charge is 0.488 e. The highest BCUT2D eigenvalue weighted by molar-refractivity contribution is 5.40. The van der Waals surface area contributed by atoms with E-state index in [4.69, 9.17) is 4.74 Å². The van der Waals surface area contributed by atoms with E-state index in [0.717, 1.165) is 24.4 Å². The molecule has 1 aromatic carbocycles. The molecule has 0 saturated heterocycles. The Labute approximate surface area is 120 Å². The molecule has 2 aromatic rings. The first-order chi connectivity index (χ1) is 9.72. The summed E-state index contributed by atoms with van der Waals surface area (Å²) in [6.45, 7) is 5.09. The molecule has 2 atom stereocenters. The Hall–Kier alpha value is -1.87. The van der Waals surface area contributed by atoms with Gasteiger partial charge in [-0.1, -0.05) is 23.8 Å². The van der Waals surface area contributed by atoms with E-state index in [1.807, 2.05) is 24.4 Å². The van der Waals surface area contributed by atoms with E-state index in [2.05, 4.69) is 42.3 Å². The lowest BCUT2D eigenvalue weighted by Crippen LogP contribution is -2.32. The van der Waals surface area contributed by atoms with Crippen molar-refractivity contribution in [2.24, 2.45) is 0 Å². The number of hydrogen-bond donors (Lipinski definition) is 1. The molecule has 0 bridgehead atoms. The molecule has 3 nitrogen and oxygen atoms in total.